The van der Waals surface area contributed by atoms with Gasteiger partial charge in [-0.2, -0.15) is 5.26 Å². The van der Waals surface area contributed by atoms with Crippen molar-refractivity contribution >= 4 is 0 Å². The Hall–Kier alpha value is -1.88. The second-order valence-corrected chi connectivity index (χ2v) is 3.95. The normalized spacial score (nSPS) is 9.72. The summed E-state index contributed by atoms with van der Waals surface area (Å²) in [4.78, 5) is 1.95. The third-order valence-corrected chi connectivity index (χ3v) is 2.33. The van der Waals surface area contributed by atoms with E-state index in [2.05, 4.69) is 17.9 Å². The van der Waals surface area contributed by atoms with Crippen molar-refractivity contribution in [3.63, 3.8) is 0 Å². The predicted octanol–water partition coefficient (Wildman–Crippen LogP) is 1.51. The SMILES string of the molecule is CN(CCC#N)Cc1cc(F)cc(C#CCO)c1. The van der Waals surface area contributed by atoms with E-state index >= 15 is 0 Å². The maximum atomic E-state index is 13.4. The van der Waals surface area contributed by atoms with E-state index in [1.54, 1.807) is 6.07 Å². The molecule has 1 aromatic rings. The molecule has 3 nitrogen and oxygen atoms in total. The van der Waals surface area contributed by atoms with E-state index in [-0.39, 0.29) is 12.4 Å². The minimum absolute atomic E-state index is 0.242. The zero-order valence-corrected chi connectivity index (χ0v) is 10.3. The monoisotopic (exact) mass is 246 g/mol. The highest BCUT2D eigenvalue weighted by Crippen LogP contribution is 2.10. The van der Waals surface area contributed by atoms with Gasteiger partial charge in [-0.05, 0) is 30.8 Å². The number of halogens is 1. The summed E-state index contributed by atoms with van der Waals surface area (Å²) in [5.41, 5.74) is 1.35. The highest BCUT2D eigenvalue weighted by molar-refractivity contribution is 5.37. The summed E-state index contributed by atoms with van der Waals surface area (Å²) in [7, 11) is 1.88. The Morgan fingerprint density at radius 1 is 1.39 bits per heavy atom. The van der Waals surface area contributed by atoms with E-state index in [1.807, 2.05) is 11.9 Å². The molecule has 0 atom stereocenters. The van der Waals surface area contributed by atoms with Crippen LogP contribution in [-0.2, 0) is 6.54 Å². The molecule has 0 amide bonds. The highest BCUT2D eigenvalue weighted by atomic mass is 19.1. The molecule has 0 aliphatic carbocycles. The van der Waals surface area contributed by atoms with Gasteiger partial charge in [0.1, 0.15) is 12.4 Å². The molecule has 18 heavy (non-hydrogen) atoms. The van der Waals surface area contributed by atoms with Gasteiger partial charge in [-0.25, -0.2) is 4.39 Å². The van der Waals surface area contributed by atoms with Crippen molar-refractivity contribution in [2.45, 2.75) is 13.0 Å². The van der Waals surface area contributed by atoms with Gasteiger partial charge in [0.15, 0.2) is 0 Å². The first-order valence-corrected chi connectivity index (χ1v) is 5.60. The van der Waals surface area contributed by atoms with Gasteiger partial charge >= 0.3 is 0 Å². The topological polar surface area (TPSA) is 47.3 Å². The molecule has 1 rings (SSSR count). The number of rotatable bonds is 4. The first-order valence-electron chi connectivity index (χ1n) is 5.60. The van der Waals surface area contributed by atoms with Crippen LogP contribution in [0.25, 0.3) is 0 Å². The van der Waals surface area contributed by atoms with E-state index in [1.165, 1.54) is 12.1 Å². The second-order valence-electron chi connectivity index (χ2n) is 3.95. The molecule has 0 aliphatic rings. The molecule has 0 unspecified atom stereocenters. The number of nitrogens with zero attached hydrogens (tertiary/aromatic N) is 2. The molecule has 0 fully saturated rings. The summed E-state index contributed by atoms with van der Waals surface area (Å²) >= 11 is 0. The molecule has 0 radical (unpaired) electrons. The summed E-state index contributed by atoms with van der Waals surface area (Å²) in [6.07, 6.45) is 0.447. The lowest BCUT2D eigenvalue weighted by Crippen LogP contribution is -2.18. The average Bonchev–Trinajstić information content (AvgIpc) is 2.33. The van der Waals surface area contributed by atoms with Crippen molar-refractivity contribution in [2.24, 2.45) is 0 Å². The van der Waals surface area contributed by atoms with Crippen molar-refractivity contribution in [3.05, 3.63) is 35.1 Å². The predicted molar refractivity (Wildman–Crippen MR) is 66.9 cm³/mol. The van der Waals surface area contributed by atoms with Crippen LogP contribution in [-0.4, -0.2) is 30.2 Å². The first kappa shape index (κ1) is 14.2. The number of hydrogen-bond donors (Lipinski definition) is 1. The summed E-state index contributed by atoms with van der Waals surface area (Å²) in [5, 5.41) is 17.1. The Morgan fingerprint density at radius 2 is 2.17 bits per heavy atom. The number of aliphatic hydroxyl groups is 1. The minimum Gasteiger partial charge on any atom is -0.384 e. The molecule has 0 aliphatic heterocycles. The Balaban J connectivity index is 2.77. The van der Waals surface area contributed by atoms with Crippen LogP contribution in [0.1, 0.15) is 17.5 Å². The summed E-state index contributed by atoms with van der Waals surface area (Å²) in [5.74, 6) is 4.83. The summed E-state index contributed by atoms with van der Waals surface area (Å²) in [6.45, 7) is 0.964. The molecule has 4 heteroatoms. The van der Waals surface area contributed by atoms with Crippen molar-refractivity contribution in [2.75, 3.05) is 20.2 Å². The molecule has 0 spiro atoms. The van der Waals surface area contributed by atoms with Gasteiger partial charge in [0.2, 0.25) is 0 Å². The quantitative estimate of drug-likeness (QED) is 0.819. The van der Waals surface area contributed by atoms with Crippen molar-refractivity contribution in [1.29, 1.82) is 5.26 Å². The van der Waals surface area contributed by atoms with Crippen LogP contribution in [0.2, 0.25) is 0 Å². The molecule has 94 valence electrons. The summed E-state index contributed by atoms with van der Waals surface area (Å²) in [6, 6.07) is 6.64. The molecule has 0 heterocycles. The Labute approximate surface area is 106 Å². The fourth-order valence-corrected chi connectivity index (χ4v) is 1.59. The molecule has 1 N–H and O–H groups in total. The van der Waals surface area contributed by atoms with E-state index in [9.17, 15) is 4.39 Å². The van der Waals surface area contributed by atoms with Gasteiger partial charge in [0.05, 0.1) is 6.07 Å². The van der Waals surface area contributed by atoms with Crippen LogP contribution in [0.15, 0.2) is 18.2 Å². The van der Waals surface area contributed by atoms with Crippen molar-refractivity contribution in [1.82, 2.24) is 4.90 Å². The van der Waals surface area contributed by atoms with Crippen LogP contribution >= 0.6 is 0 Å². The maximum Gasteiger partial charge on any atom is 0.124 e. The molecule has 0 bridgehead atoms. The van der Waals surface area contributed by atoms with Gasteiger partial charge in [-0.1, -0.05) is 11.8 Å². The third-order valence-electron chi connectivity index (χ3n) is 2.33. The van der Waals surface area contributed by atoms with E-state index in [0.717, 1.165) is 5.56 Å². The van der Waals surface area contributed by atoms with Gasteiger partial charge in [0, 0.05) is 25.1 Å². The zero-order chi connectivity index (χ0) is 13.4. The molecular formula is C14H15FN2O. The lowest BCUT2D eigenvalue weighted by molar-refractivity contribution is 0.334. The fourth-order valence-electron chi connectivity index (χ4n) is 1.59. The van der Waals surface area contributed by atoms with E-state index in [4.69, 9.17) is 10.4 Å². The lowest BCUT2D eigenvalue weighted by Gasteiger charge is -2.15. The largest absolute Gasteiger partial charge is 0.384 e. The molecule has 0 saturated heterocycles. The average molecular weight is 246 g/mol. The molecular weight excluding hydrogens is 231 g/mol. The zero-order valence-electron chi connectivity index (χ0n) is 10.3. The summed E-state index contributed by atoms with van der Waals surface area (Å²) < 4.78 is 13.4. The van der Waals surface area contributed by atoms with Gasteiger partial charge in [-0.3, -0.25) is 0 Å². The van der Waals surface area contributed by atoms with Crippen LogP contribution < -0.4 is 0 Å². The Bertz CT molecular complexity index is 497. The van der Waals surface area contributed by atoms with Crippen molar-refractivity contribution < 1.29 is 9.50 Å². The number of hydrogen-bond acceptors (Lipinski definition) is 3. The Kier molecular flexibility index (Phi) is 5.87. The third kappa shape index (κ3) is 4.97. The fraction of sp³-hybridized carbons (Fsp3) is 0.357. The maximum absolute atomic E-state index is 13.4. The van der Waals surface area contributed by atoms with E-state index < -0.39 is 0 Å². The number of aliphatic hydroxyl groups excluding tert-OH is 1. The van der Waals surface area contributed by atoms with Crippen LogP contribution in [0.3, 0.4) is 0 Å². The minimum atomic E-state index is -0.344. The second kappa shape index (κ2) is 7.45. The molecule has 1 aromatic carbocycles. The van der Waals surface area contributed by atoms with E-state index in [0.29, 0.717) is 25.1 Å². The smallest absolute Gasteiger partial charge is 0.124 e. The van der Waals surface area contributed by atoms with Crippen LogP contribution in [0.4, 0.5) is 4.39 Å². The molecule has 0 saturated carbocycles. The molecule has 0 aromatic heterocycles. The van der Waals surface area contributed by atoms with Gasteiger partial charge in [0.25, 0.3) is 0 Å². The lowest BCUT2D eigenvalue weighted by atomic mass is 10.1. The highest BCUT2D eigenvalue weighted by Gasteiger charge is 2.03. The van der Waals surface area contributed by atoms with Crippen LogP contribution in [0, 0.1) is 29.0 Å². The number of benzene rings is 1. The number of nitriles is 1. The Morgan fingerprint density at radius 3 is 2.83 bits per heavy atom. The van der Waals surface area contributed by atoms with Crippen LogP contribution in [0.5, 0.6) is 0 Å². The van der Waals surface area contributed by atoms with Crippen molar-refractivity contribution in [3.8, 4) is 17.9 Å². The van der Waals surface area contributed by atoms with Gasteiger partial charge < -0.3 is 10.0 Å². The van der Waals surface area contributed by atoms with Gasteiger partial charge in [-0.15, -0.1) is 0 Å². The standard InChI is InChI=1S/C14H15FN2O/c1-17(6-3-5-16)11-13-8-12(4-2-7-18)9-14(15)10-13/h8-10,18H,3,6-7,11H2,1H3. The first-order chi connectivity index (χ1) is 8.65.